The number of nitrogens with zero attached hydrogens (tertiary/aromatic N) is 3. The first-order valence-corrected chi connectivity index (χ1v) is 10.2. The van der Waals surface area contributed by atoms with Gasteiger partial charge in [0.2, 0.25) is 0 Å². The number of amides is 1. The molecule has 3 heterocycles. The van der Waals surface area contributed by atoms with E-state index < -0.39 is 5.91 Å². The standard InChI is InChI=1S/C24H24N4O2/c1-16-2-4-17(5-3-16)24(14-30-15-24)18-6-8-19(9-7-18)28-11-10-20-22(13-28)27-21(12-26-20)23(25)29/h2-9,12H,10-11,13-15H2,1H3,(H2,25,29). The van der Waals surface area contributed by atoms with E-state index in [1.54, 1.807) is 0 Å². The molecule has 5 rings (SSSR count). The van der Waals surface area contributed by atoms with Gasteiger partial charge in [-0.15, -0.1) is 0 Å². The number of carbonyl (C=O) groups excluding carboxylic acids is 1. The van der Waals surface area contributed by atoms with Crippen LogP contribution >= 0.6 is 0 Å². The van der Waals surface area contributed by atoms with Crippen molar-refractivity contribution in [3.8, 4) is 0 Å². The van der Waals surface area contributed by atoms with Crippen LogP contribution in [0.15, 0.2) is 54.7 Å². The molecule has 2 N–H and O–H groups in total. The third-order valence-corrected chi connectivity index (χ3v) is 6.23. The minimum absolute atomic E-state index is 0.0669. The summed E-state index contributed by atoms with van der Waals surface area (Å²) in [7, 11) is 0. The Labute approximate surface area is 175 Å². The van der Waals surface area contributed by atoms with E-state index in [2.05, 4.69) is 70.3 Å². The van der Waals surface area contributed by atoms with E-state index in [1.807, 2.05) is 0 Å². The van der Waals surface area contributed by atoms with Crippen LogP contribution in [-0.2, 0) is 23.1 Å². The highest BCUT2D eigenvalue weighted by Crippen LogP contribution is 2.40. The normalized spacial score (nSPS) is 17.2. The SMILES string of the molecule is Cc1ccc(C2(c3ccc(N4CCc5ncc(C(N)=O)nc5C4)cc3)COC2)cc1. The van der Waals surface area contributed by atoms with Gasteiger partial charge in [0, 0.05) is 18.7 Å². The number of aryl methyl sites for hydroxylation is 1. The van der Waals surface area contributed by atoms with E-state index in [9.17, 15) is 4.79 Å². The fourth-order valence-corrected chi connectivity index (χ4v) is 4.30. The Kier molecular flexibility index (Phi) is 4.51. The first-order chi connectivity index (χ1) is 14.5. The predicted octanol–water partition coefficient (Wildman–Crippen LogP) is 2.76. The summed E-state index contributed by atoms with van der Waals surface area (Å²) < 4.78 is 5.63. The molecule has 2 aliphatic heterocycles. The van der Waals surface area contributed by atoms with Crippen molar-refractivity contribution in [3.63, 3.8) is 0 Å². The number of hydrogen-bond donors (Lipinski definition) is 1. The number of benzene rings is 2. The Balaban J connectivity index is 1.40. The molecule has 6 heteroatoms. The van der Waals surface area contributed by atoms with Crippen LogP contribution in [0.3, 0.4) is 0 Å². The molecule has 2 aliphatic rings. The molecule has 0 unspecified atom stereocenters. The summed E-state index contributed by atoms with van der Waals surface area (Å²) in [6.45, 7) is 5.00. The van der Waals surface area contributed by atoms with Crippen molar-refractivity contribution in [1.29, 1.82) is 0 Å². The third-order valence-electron chi connectivity index (χ3n) is 6.23. The number of ether oxygens (including phenoxy) is 1. The topological polar surface area (TPSA) is 81.3 Å². The average molecular weight is 400 g/mol. The zero-order valence-corrected chi connectivity index (χ0v) is 17.0. The second-order valence-electron chi connectivity index (χ2n) is 8.17. The summed E-state index contributed by atoms with van der Waals surface area (Å²) >= 11 is 0. The van der Waals surface area contributed by atoms with Gasteiger partial charge >= 0.3 is 0 Å². The van der Waals surface area contributed by atoms with Gasteiger partial charge in [-0.1, -0.05) is 42.0 Å². The summed E-state index contributed by atoms with van der Waals surface area (Å²) in [5, 5.41) is 0. The maximum atomic E-state index is 11.4. The Morgan fingerprint density at radius 3 is 2.30 bits per heavy atom. The number of hydrogen-bond acceptors (Lipinski definition) is 5. The lowest BCUT2D eigenvalue weighted by Gasteiger charge is -2.43. The summed E-state index contributed by atoms with van der Waals surface area (Å²) in [4.78, 5) is 22.5. The summed E-state index contributed by atoms with van der Waals surface area (Å²) in [5.41, 5.74) is 12.2. The van der Waals surface area contributed by atoms with Crippen molar-refractivity contribution in [1.82, 2.24) is 9.97 Å². The lowest BCUT2D eigenvalue weighted by molar-refractivity contribution is -0.0379. The molecule has 0 aliphatic carbocycles. The van der Waals surface area contributed by atoms with Gasteiger partial charge < -0.3 is 15.4 Å². The lowest BCUT2D eigenvalue weighted by atomic mass is 9.73. The zero-order chi connectivity index (χ0) is 20.7. The van der Waals surface area contributed by atoms with Crippen molar-refractivity contribution >= 4 is 11.6 Å². The zero-order valence-electron chi connectivity index (χ0n) is 17.0. The van der Waals surface area contributed by atoms with Crippen molar-refractivity contribution in [2.75, 3.05) is 24.7 Å². The summed E-state index contributed by atoms with van der Waals surface area (Å²) in [5.74, 6) is -0.545. The number of nitrogens with two attached hydrogens (primary N) is 1. The van der Waals surface area contributed by atoms with Crippen LogP contribution in [0.25, 0.3) is 0 Å². The lowest BCUT2D eigenvalue weighted by Crippen LogP contribution is -2.47. The molecule has 0 atom stereocenters. The number of anilines is 1. The number of fused-ring (bicyclic) bond motifs is 1. The minimum atomic E-state index is -0.545. The Morgan fingerprint density at radius 1 is 1.03 bits per heavy atom. The molecule has 30 heavy (non-hydrogen) atoms. The quantitative estimate of drug-likeness (QED) is 0.728. The highest BCUT2D eigenvalue weighted by Gasteiger charge is 2.42. The summed E-state index contributed by atoms with van der Waals surface area (Å²) in [6.07, 6.45) is 2.26. The van der Waals surface area contributed by atoms with Crippen LogP contribution in [-0.4, -0.2) is 35.6 Å². The largest absolute Gasteiger partial charge is 0.379 e. The molecule has 3 aromatic rings. The number of rotatable bonds is 4. The Morgan fingerprint density at radius 2 is 1.70 bits per heavy atom. The molecule has 1 saturated heterocycles. The molecule has 0 radical (unpaired) electrons. The number of primary amides is 1. The average Bonchev–Trinajstić information content (AvgIpc) is 2.74. The van der Waals surface area contributed by atoms with Gasteiger partial charge in [0.15, 0.2) is 0 Å². The molecule has 1 fully saturated rings. The molecule has 0 saturated carbocycles. The van der Waals surface area contributed by atoms with Gasteiger partial charge in [-0.05, 0) is 30.2 Å². The minimum Gasteiger partial charge on any atom is -0.379 e. The molecule has 2 aromatic carbocycles. The van der Waals surface area contributed by atoms with Gasteiger partial charge in [-0.3, -0.25) is 9.78 Å². The van der Waals surface area contributed by atoms with Gasteiger partial charge in [-0.2, -0.15) is 0 Å². The van der Waals surface area contributed by atoms with Gasteiger partial charge in [0.25, 0.3) is 5.91 Å². The smallest absolute Gasteiger partial charge is 0.268 e. The molecule has 6 nitrogen and oxygen atoms in total. The van der Waals surface area contributed by atoms with Crippen LogP contribution in [0.5, 0.6) is 0 Å². The molecule has 1 amide bonds. The second-order valence-corrected chi connectivity index (χ2v) is 8.17. The molecule has 152 valence electrons. The van der Waals surface area contributed by atoms with E-state index in [0.717, 1.165) is 30.0 Å². The molecular formula is C24H24N4O2. The maximum Gasteiger partial charge on any atom is 0.268 e. The first-order valence-electron chi connectivity index (χ1n) is 10.2. The third kappa shape index (κ3) is 3.13. The molecule has 1 aromatic heterocycles. The highest BCUT2D eigenvalue weighted by atomic mass is 16.5. The first kappa shape index (κ1) is 18.8. The summed E-state index contributed by atoms with van der Waals surface area (Å²) in [6, 6.07) is 17.5. The molecule has 0 bridgehead atoms. The van der Waals surface area contributed by atoms with Crippen LogP contribution < -0.4 is 10.6 Å². The van der Waals surface area contributed by atoms with Gasteiger partial charge in [0.1, 0.15) is 5.69 Å². The van der Waals surface area contributed by atoms with Crippen LogP contribution in [0.4, 0.5) is 5.69 Å². The van der Waals surface area contributed by atoms with E-state index in [-0.39, 0.29) is 11.1 Å². The van der Waals surface area contributed by atoms with E-state index in [4.69, 9.17) is 10.5 Å². The predicted molar refractivity (Wildman–Crippen MR) is 115 cm³/mol. The van der Waals surface area contributed by atoms with E-state index in [0.29, 0.717) is 19.8 Å². The Bertz CT molecular complexity index is 1090. The number of carbonyl (C=O) groups is 1. The van der Waals surface area contributed by atoms with Crippen molar-refractivity contribution < 1.29 is 9.53 Å². The monoisotopic (exact) mass is 400 g/mol. The van der Waals surface area contributed by atoms with Gasteiger partial charge in [0.05, 0.1) is 42.8 Å². The van der Waals surface area contributed by atoms with Gasteiger partial charge in [-0.25, -0.2) is 4.98 Å². The molecular weight excluding hydrogens is 376 g/mol. The molecule has 0 spiro atoms. The van der Waals surface area contributed by atoms with Crippen LogP contribution in [0.2, 0.25) is 0 Å². The number of aromatic nitrogens is 2. The Hall–Kier alpha value is -3.25. The fourth-order valence-electron chi connectivity index (χ4n) is 4.30. The fraction of sp³-hybridized carbons (Fsp3) is 0.292. The second kappa shape index (κ2) is 7.22. The van der Waals surface area contributed by atoms with Crippen LogP contribution in [0.1, 0.15) is 38.6 Å². The van der Waals surface area contributed by atoms with Crippen molar-refractivity contribution in [2.45, 2.75) is 25.3 Å². The van der Waals surface area contributed by atoms with Crippen LogP contribution in [0, 0.1) is 6.92 Å². The van der Waals surface area contributed by atoms with E-state index in [1.165, 1.54) is 22.9 Å². The van der Waals surface area contributed by atoms with Crippen molar-refractivity contribution in [3.05, 3.63) is 88.5 Å². The van der Waals surface area contributed by atoms with Crippen molar-refractivity contribution in [2.24, 2.45) is 5.73 Å². The van der Waals surface area contributed by atoms with E-state index >= 15 is 0 Å². The highest BCUT2D eigenvalue weighted by molar-refractivity contribution is 5.90. The maximum absolute atomic E-state index is 11.4.